The van der Waals surface area contributed by atoms with E-state index >= 15 is 0 Å². The van der Waals surface area contributed by atoms with Crippen molar-refractivity contribution in [1.29, 1.82) is 0 Å². The minimum atomic E-state index is -3.45. The van der Waals surface area contributed by atoms with Crippen molar-refractivity contribution in [1.82, 2.24) is 4.90 Å². The van der Waals surface area contributed by atoms with Gasteiger partial charge in [0.25, 0.3) is 0 Å². The van der Waals surface area contributed by atoms with Gasteiger partial charge in [-0.25, -0.2) is 12.8 Å². The number of carbonyl (C=O) groups is 1. The van der Waals surface area contributed by atoms with Crippen LogP contribution in [0, 0.1) is 5.82 Å². The fraction of sp³-hybridized carbons (Fsp3) is 0.409. The van der Waals surface area contributed by atoms with Gasteiger partial charge in [0.2, 0.25) is 0 Å². The summed E-state index contributed by atoms with van der Waals surface area (Å²) in [5, 5.41) is -0.620. The van der Waals surface area contributed by atoms with E-state index in [1.54, 1.807) is 36.4 Å². The van der Waals surface area contributed by atoms with E-state index in [4.69, 9.17) is 0 Å². The zero-order valence-electron chi connectivity index (χ0n) is 16.3. The Balaban J connectivity index is 1.29. The molecular weight excluding hydrogens is 391 g/mol. The standard InChI is InChI=1S/C22H25FN2O3S/c23-17-7-9-18(10-8-17)25-14-12-24(13-15-25)11-3-4-19-16-21(26)20-5-1-2-6-22(20)29(19,27)28/h1-2,5-10,19H,3-4,11-16H2. The molecule has 5 nitrogen and oxygen atoms in total. The van der Waals surface area contributed by atoms with Crippen molar-refractivity contribution in [2.24, 2.45) is 0 Å². The third-order valence-electron chi connectivity index (χ3n) is 5.91. The third-order valence-corrected chi connectivity index (χ3v) is 8.16. The van der Waals surface area contributed by atoms with Crippen LogP contribution in [0.3, 0.4) is 0 Å². The summed E-state index contributed by atoms with van der Waals surface area (Å²) in [5.74, 6) is -0.306. The zero-order chi connectivity index (χ0) is 20.4. The summed E-state index contributed by atoms with van der Waals surface area (Å²) in [6.45, 7) is 4.31. The highest BCUT2D eigenvalue weighted by Crippen LogP contribution is 2.32. The molecule has 2 heterocycles. The van der Waals surface area contributed by atoms with Gasteiger partial charge in [-0.15, -0.1) is 0 Å². The third kappa shape index (κ3) is 4.21. The van der Waals surface area contributed by atoms with E-state index < -0.39 is 15.1 Å². The van der Waals surface area contributed by atoms with Gasteiger partial charge in [0.05, 0.1) is 10.1 Å². The minimum Gasteiger partial charge on any atom is -0.369 e. The summed E-state index contributed by atoms with van der Waals surface area (Å²) in [6, 6.07) is 13.1. The molecule has 7 heteroatoms. The maximum atomic E-state index is 13.1. The summed E-state index contributed by atoms with van der Waals surface area (Å²) in [5.41, 5.74) is 1.36. The quantitative estimate of drug-likeness (QED) is 0.750. The monoisotopic (exact) mass is 416 g/mol. The molecule has 1 unspecified atom stereocenters. The molecule has 2 aliphatic heterocycles. The topological polar surface area (TPSA) is 57.7 Å². The van der Waals surface area contributed by atoms with Crippen molar-refractivity contribution in [3.63, 3.8) is 0 Å². The molecule has 0 aliphatic carbocycles. The van der Waals surface area contributed by atoms with Crippen LogP contribution in [0.15, 0.2) is 53.4 Å². The predicted octanol–water partition coefficient (Wildman–Crippen LogP) is 3.16. The van der Waals surface area contributed by atoms with E-state index in [0.29, 0.717) is 12.0 Å². The summed E-state index contributed by atoms with van der Waals surface area (Å²) >= 11 is 0. The summed E-state index contributed by atoms with van der Waals surface area (Å²) < 4.78 is 38.8. The summed E-state index contributed by atoms with van der Waals surface area (Å²) in [7, 11) is -3.45. The number of sulfone groups is 1. The van der Waals surface area contributed by atoms with Gasteiger partial charge in [-0.1, -0.05) is 18.2 Å². The molecule has 1 saturated heterocycles. The van der Waals surface area contributed by atoms with Crippen LogP contribution in [0.5, 0.6) is 0 Å². The maximum Gasteiger partial charge on any atom is 0.182 e. The number of fused-ring (bicyclic) bond motifs is 1. The molecule has 0 bridgehead atoms. The van der Waals surface area contributed by atoms with Gasteiger partial charge in [-0.05, 0) is 49.7 Å². The Morgan fingerprint density at radius 3 is 2.38 bits per heavy atom. The van der Waals surface area contributed by atoms with Gasteiger partial charge in [0.1, 0.15) is 5.82 Å². The lowest BCUT2D eigenvalue weighted by Crippen LogP contribution is -2.46. The van der Waals surface area contributed by atoms with Gasteiger partial charge < -0.3 is 4.90 Å². The van der Waals surface area contributed by atoms with Crippen molar-refractivity contribution in [3.05, 3.63) is 59.9 Å². The Morgan fingerprint density at radius 2 is 1.66 bits per heavy atom. The molecule has 2 aromatic carbocycles. The number of ketones is 1. The Hall–Kier alpha value is -2.25. The van der Waals surface area contributed by atoms with E-state index in [2.05, 4.69) is 9.80 Å². The largest absolute Gasteiger partial charge is 0.369 e. The lowest BCUT2D eigenvalue weighted by Gasteiger charge is -2.36. The minimum absolute atomic E-state index is 0.0756. The first-order valence-corrected chi connectivity index (χ1v) is 11.6. The molecule has 2 aliphatic rings. The highest BCUT2D eigenvalue weighted by molar-refractivity contribution is 7.92. The van der Waals surface area contributed by atoms with Gasteiger partial charge in [0.15, 0.2) is 15.6 Å². The number of anilines is 1. The molecule has 1 fully saturated rings. The van der Waals surface area contributed by atoms with Crippen molar-refractivity contribution in [3.8, 4) is 0 Å². The molecule has 154 valence electrons. The first-order valence-electron chi connectivity index (χ1n) is 10.0. The number of rotatable bonds is 5. The average molecular weight is 417 g/mol. The second-order valence-electron chi connectivity index (χ2n) is 7.74. The predicted molar refractivity (Wildman–Crippen MR) is 111 cm³/mol. The fourth-order valence-electron chi connectivity index (χ4n) is 4.23. The Bertz CT molecular complexity index is 983. The van der Waals surface area contributed by atoms with E-state index in [-0.39, 0.29) is 22.9 Å². The van der Waals surface area contributed by atoms with E-state index in [1.165, 1.54) is 12.1 Å². The van der Waals surface area contributed by atoms with Crippen LogP contribution in [0.2, 0.25) is 0 Å². The second kappa shape index (κ2) is 8.24. The van der Waals surface area contributed by atoms with Crippen LogP contribution in [-0.4, -0.2) is 57.1 Å². The SMILES string of the molecule is O=C1CC(CCCN2CCN(c3ccc(F)cc3)CC2)S(=O)(=O)c2ccccc21. The van der Waals surface area contributed by atoms with Crippen LogP contribution >= 0.6 is 0 Å². The molecule has 0 radical (unpaired) electrons. The molecule has 0 amide bonds. The Morgan fingerprint density at radius 1 is 0.966 bits per heavy atom. The van der Waals surface area contributed by atoms with Crippen LogP contribution in [0.1, 0.15) is 29.6 Å². The molecule has 1 atom stereocenters. The van der Waals surface area contributed by atoms with Crippen molar-refractivity contribution in [2.75, 3.05) is 37.6 Å². The number of benzene rings is 2. The Labute approximate surface area is 171 Å². The molecule has 0 N–H and O–H groups in total. The van der Waals surface area contributed by atoms with Crippen LogP contribution in [0.4, 0.5) is 10.1 Å². The van der Waals surface area contributed by atoms with E-state index in [1.807, 2.05) is 0 Å². The molecule has 2 aromatic rings. The van der Waals surface area contributed by atoms with Gasteiger partial charge in [0, 0.05) is 43.9 Å². The van der Waals surface area contributed by atoms with E-state index in [9.17, 15) is 17.6 Å². The number of hydrogen-bond donors (Lipinski definition) is 0. The molecule has 4 rings (SSSR count). The number of piperazine rings is 1. The van der Waals surface area contributed by atoms with Crippen LogP contribution in [-0.2, 0) is 9.84 Å². The van der Waals surface area contributed by atoms with Crippen LogP contribution in [0.25, 0.3) is 0 Å². The lowest BCUT2D eigenvalue weighted by atomic mass is 10.0. The Kier molecular flexibility index (Phi) is 5.69. The van der Waals surface area contributed by atoms with Crippen molar-refractivity contribution >= 4 is 21.3 Å². The number of hydrogen-bond acceptors (Lipinski definition) is 5. The zero-order valence-corrected chi connectivity index (χ0v) is 17.1. The summed E-state index contributed by atoms with van der Waals surface area (Å²) in [4.78, 5) is 17.1. The molecule has 0 aromatic heterocycles. The van der Waals surface area contributed by atoms with E-state index in [0.717, 1.165) is 44.8 Å². The average Bonchev–Trinajstić information content (AvgIpc) is 2.73. The van der Waals surface area contributed by atoms with Gasteiger partial charge >= 0.3 is 0 Å². The smallest absolute Gasteiger partial charge is 0.182 e. The van der Waals surface area contributed by atoms with Gasteiger partial charge in [-0.3, -0.25) is 9.69 Å². The number of halogens is 1. The van der Waals surface area contributed by atoms with Crippen molar-refractivity contribution in [2.45, 2.75) is 29.4 Å². The van der Waals surface area contributed by atoms with Gasteiger partial charge in [-0.2, -0.15) is 0 Å². The van der Waals surface area contributed by atoms with Crippen LogP contribution < -0.4 is 4.90 Å². The van der Waals surface area contributed by atoms with Crippen molar-refractivity contribution < 1.29 is 17.6 Å². The highest BCUT2D eigenvalue weighted by Gasteiger charge is 2.37. The number of Topliss-reactive ketones (excluding diaryl/α,β-unsaturated/α-hetero) is 1. The molecule has 0 spiro atoms. The fourth-order valence-corrected chi connectivity index (χ4v) is 6.20. The second-order valence-corrected chi connectivity index (χ2v) is 9.93. The summed E-state index contributed by atoms with van der Waals surface area (Å²) in [6.07, 6.45) is 1.33. The molecule has 29 heavy (non-hydrogen) atoms. The number of carbonyl (C=O) groups excluding carboxylic acids is 1. The highest BCUT2D eigenvalue weighted by atomic mass is 32.2. The number of nitrogens with zero attached hydrogens (tertiary/aromatic N) is 2. The first kappa shape index (κ1) is 20.0. The lowest BCUT2D eigenvalue weighted by molar-refractivity contribution is 0.0972. The molecule has 0 saturated carbocycles. The maximum absolute atomic E-state index is 13.1. The normalized spacial score (nSPS) is 21.8. The first-order chi connectivity index (χ1) is 13.9. The molecular formula is C22H25FN2O3S.